The number of hydrogen-bond acceptors (Lipinski definition) is 4. The van der Waals surface area contributed by atoms with E-state index in [0.29, 0.717) is 35.5 Å². The summed E-state index contributed by atoms with van der Waals surface area (Å²) in [6.07, 6.45) is 7.07. The monoisotopic (exact) mass is 499 g/mol. The molecule has 1 spiro atoms. The molecule has 188 valence electrons. The normalized spacial score (nSPS) is 37.4. The van der Waals surface area contributed by atoms with Crippen molar-refractivity contribution in [3.8, 4) is 0 Å². The summed E-state index contributed by atoms with van der Waals surface area (Å²) in [5.74, 6) is -1.16. The first-order chi connectivity index (χ1) is 16.8. The van der Waals surface area contributed by atoms with E-state index in [-0.39, 0.29) is 23.8 Å². The summed E-state index contributed by atoms with van der Waals surface area (Å²) in [6.45, 7) is 6.85. The molecule has 2 saturated heterocycles. The highest BCUT2D eigenvalue weighted by molar-refractivity contribution is 6.30. The predicted molar refractivity (Wildman–Crippen MR) is 134 cm³/mol. The van der Waals surface area contributed by atoms with Crippen LogP contribution in [0.3, 0.4) is 0 Å². The minimum absolute atomic E-state index is 0.0758. The summed E-state index contributed by atoms with van der Waals surface area (Å²) >= 11 is 5.97. The van der Waals surface area contributed by atoms with Crippen molar-refractivity contribution < 1.29 is 19.1 Å². The van der Waals surface area contributed by atoms with Gasteiger partial charge in [-0.15, -0.1) is 0 Å². The Labute approximate surface area is 211 Å². The number of carbonyl (C=O) groups excluding carboxylic acids is 3. The average Bonchev–Trinajstić information content (AvgIpc) is 3.46. The van der Waals surface area contributed by atoms with Gasteiger partial charge in [-0.3, -0.25) is 14.4 Å². The van der Waals surface area contributed by atoms with Gasteiger partial charge < -0.3 is 20.3 Å². The molecule has 4 aliphatic rings. The standard InChI is InChI=1S/C27H34ClN3O4/c1-4-14-31-23(25(33)30-19-7-5-6-15(2)16(19)3)27-13-12-20(35-27)21(22(27)26(31)34)24(32)29-18-10-8-17(28)9-11-18/h8-13,15-16,19-23H,4-7,14H2,1-3H3,(H,29,32)(H,30,33)/t15-,16+,19+,20-,21+,22-,23-,27-/m0/s1. The van der Waals surface area contributed by atoms with Gasteiger partial charge in [0, 0.05) is 23.3 Å². The van der Waals surface area contributed by atoms with E-state index in [1.165, 1.54) is 6.42 Å². The van der Waals surface area contributed by atoms with Crippen LogP contribution in [0.5, 0.6) is 0 Å². The van der Waals surface area contributed by atoms with Crippen LogP contribution >= 0.6 is 11.6 Å². The van der Waals surface area contributed by atoms with Crippen LogP contribution in [-0.2, 0) is 19.1 Å². The number of nitrogens with zero attached hydrogens (tertiary/aromatic N) is 1. The van der Waals surface area contributed by atoms with E-state index in [0.717, 1.165) is 12.8 Å². The van der Waals surface area contributed by atoms with Crippen LogP contribution in [0, 0.1) is 23.7 Å². The molecule has 1 saturated carbocycles. The molecule has 3 fully saturated rings. The van der Waals surface area contributed by atoms with Crippen LogP contribution in [0.2, 0.25) is 5.02 Å². The maximum Gasteiger partial charge on any atom is 0.246 e. The van der Waals surface area contributed by atoms with E-state index >= 15 is 0 Å². The van der Waals surface area contributed by atoms with Crippen LogP contribution in [0.25, 0.3) is 0 Å². The first kappa shape index (κ1) is 24.3. The van der Waals surface area contributed by atoms with Crippen LogP contribution in [0.1, 0.15) is 46.5 Å². The molecule has 3 aliphatic heterocycles. The van der Waals surface area contributed by atoms with Crippen molar-refractivity contribution >= 4 is 35.0 Å². The summed E-state index contributed by atoms with van der Waals surface area (Å²) in [5, 5.41) is 6.75. The Morgan fingerprint density at radius 3 is 2.63 bits per heavy atom. The van der Waals surface area contributed by atoms with Crippen molar-refractivity contribution in [2.45, 2.75) is 70.2 Å². The lowest BCUT2D eigenvalue weighted by Gasteiger charge is -2.38. The number of anilines is 1. The van der Waals surface area contributed by atoms with Gasteiger partial charge in [0.1, 0.15) is 11.6 Å². The zero-order valence-corrected chi connectivity index (χ0v) is 21.3. The van der Waals surface area contributed by atoms with Gasteiger partial charge in [0.2, 0.25) is 17.7 Å². The van der Waals surface area contributed by atoms with Gasteiger partial charge in [-0.1, -0.05) is 57.4 Å². The second kappa shape index (κ2) is 9.25. The van der Waals surface area contributed by atoms with Crippen molar-refractivity contribution in [2.24, 2.45) is 23.7 Å². The second-order valence-corrected chi connectivity index (χ2v) is 11.0. The molecule has 3 amide bonds. The summed E-state index contributed by atoms with van der Waals surface area (Å²) in [6, 6.07) is 6.15. The molecule has 1 aromatic carbocycles. The van der Waals surface area contributed by atoms with E-state index in [4.69, 9.17) is 16.3 Å². The predicted octanol–water partition coefficient (Wildman–Crippen LogP) is 3.78. The van der Waals surface area contributed by atoms with E-state index in [1.54, 1.807) is 29.2 Å². The van der Waals surface area contributed by atoms with E-state index in [2.05, 4.69) is 24.5 Å². The fourth-order valence-corrected chi connectivity index (χ4v) is 6.68. The zero-order valence-electron chi connectivity index (χ0n) is 20.5. The molecule has 3 heterocycles. The van der Waals surface area contributed by atoms with Crippen molar-refractivity contribution in [1.29, 1.82) is 0 Å². The number of likely N-dealkylation sites (tertiary alicyclic amines) is 1. The van der Waals surface area contributed by atoms with Crippen molar-refractivity contribution in [1.82, 2.24) is 10.2 Å². The number of nitrogens with one attached hydrogen (secondary N) is 2. The summed E-state index contributed by atoms with van der Waals surface area (Å²) in [4.78, 5) is 42.5. The van der Waals surface area contributed by atoms with Crippen molar-refractivity contribution in [2.75, 3.05) is 11.9 Å². The summed E-state index contributed by atoms with van der Waals surface area (Å²) in [5.41, 5.74) is -0.516. The first-order valence-corrected chi connectivity index (χ1v) is 13.2. The van der Waals surface area contributed by atoms with Gasteiger partial charge >= 0.3 is 0 Å². The molecule has 2 N–H and O–H groups in total. The van der Waals surface area contributed by atoms with E-state index in [9.17, 15) is 14.4 Å². The minimum atomic E-state index is -1.12. The Bertz CT molecular complexity index is 1040. The molecule has 7 nitrogen and oxygen atoms in total. The summed E-state index contributed by atoms with van der Waals surface area (Å²) in [7, 11) is 0. The third kappa shape index (κ3) is 3.97. The lowest BCUT2D eigenvalue weighted by atomic mass is 9.73. The Hall–Kier alpha value is -2.38. The van der Waals surface area contributed by atoms with Crippen LogP contribution < -0.4 is 10.6 Å². The Balaban J connectivity index is 1.41. The van der Waals surface area contributed by atoms with Gasteiger partial charge in [0.25, 0.3) is 0 Å². The fourth-order valence-electron chi connectivity index (χ4n) is 6.55. The van der Waals surface area contributed by atoms with Gasteiger partial charge in [-0.05, 0) is 48.9 Å². The molecule has 1 aliphatic carbocycles. The summed E-state index contributed by atoms with van der Waals surface area (Å²) < 4.78 is 6.38. The maximum absolute atomic E-state index is 13.8. The Morgan fingerprint density at radius 1 is 1.17 bits per heavy atom. The average molecular weight is 500 g/mol. The van der Waals surface area contributed by atoms with Crippen LogP contribution in [0.4, 0.5) is 5.69 Å². The highest BCUT2D eigenvalue weighted by Crippen LogP contribution is 2.55. The van der Waals surface area contributed by atoms with Crippen molar-refractivity contribution in [3.63, 3.8) is 0 Å². The quantitative estimate of drug-likeness (QED) is 0.583. The highest BCUT2D eigenvalue weighted by Gasteiger charge is 2.72. The molecule has 1 aromatic rings. The topological polar surface area (TPSA) is 87.7 Å². The number of ether oxygens (including phenoxy) is 1. The number of amides is 3. The third-order valence-electron chi connectivity index (χ3n) is 8.54. The molecule has 0 aromatic heterocycles. The first-order valence-electron chi connectivity index (χ1n) is 12.8. The molecule has 2 bridgehead atoms. The number of benzene rings is 1. The Morgan fingerprint density at radius 2 is 1.91 bits per heavy atom. The lowest BCUT2D eigenvalue weighted by molar-refractivity contribution is -0.141. The van der Waals surface area contributed by atoms with E-state index in [1.807, 2.05) is 19.1 Å². The number of fused-ring (bicyclic) bond motifs is 1. The van der Waals surface area contributed by atoms with Gasteiger partial charge in [0.05, 0.1) is 17.9 Å². The third-order valence-corrected chi connectivity index (χ3v) is 8.79. The van der Waals surface area contributed by atoms with Crippen LogP contribution in [0.15, 0.2) is 36.4 Å². The maximum atomic E-state index is 13.8. The largest absolute Gasteiger partial charge is 0.359 e. The molecule has 0 unspecified atom stereocenters. The minimum Gasteiger partial charge on any atom is -0.359 e. The number of hydrogen-bond donors (Lipinski definition) is 2. The van der Waals surface area contributed by atoms with Gasteiger partial charge in [-0.2, -0.15) is 0 Å². The SMILES string of the molecule is CCCN1C(=O)[C@@H]2[C@H](C(=O)Nc3ccc(Cl)cc3)[C@@H]3C=C[C@@]2(O3)[C@@H]1C(=O)N[C@@H]1CCC[C@H](C)[C@H]1C. The fraction of sp³-hybridized carbons (Fsp3) is 0.593. The molecule has 5 rings (SSSR count). The molecule has 8 heteroatoms. The number of halogens is 1. The van der Waals surface area contributed by atoms with Gasteiger partial charge in [-0.25, -0.2) is 0 Å². The molecule has 0 radical (unpaired) electrons. The molecule has 8 atom stereocenters. The molecular formula is C27H34ClN3O4. The number of rotatable bonds is 6. The molecule has 35 heavy (non-hydrogen) atoms. The lowest BCUT2D eigenvalue weighted by Crippen LogP contribution is -2.57. The van der Waals surface area contributed by atoms with Gasteiger partial charge in [0.15, 0.2) is 0 Å². The Kier molecular flexibility index (Phi) is 6.43. The van der Waals surface area contributed by atoms with Crippen molar-refractivity contribution in [3.05, 3.63) is 41.4 Å². The smallest absolute Gasteiger partial charge is 0.246 e. The molecular weight excluding hydrogens is 466 g/mol. The second-order valence-electron chi connectivity index (χ2n) is 10.6. The number of carbonyl (C=O) groups is 3. The zero-order chi connectivity index (χ0) is 24.9. The van der Waals surface area contributed by atoms with E-state index < -0.39 is 29.6 Å². The van der Waals surface area contributed by atoms with Crippen LogP contribution in [-0.4, -0.2) is 53.0 Å². The highest BCUT2D eigenvalue weighted by atomic mass is 35.5.